The van der Waals surface area contributed by atoms with E-state index in [0.29, 0.717) is 5.92 Å². The zero-order chi connectivity index (χ0) is 14.0. The molecule has 3 nitrogen and oxygen atoms in total. The highest BCUT2D eigenvalue weighted by molar-refractivity contribution is 7.15. The second-order valence-corrected chi connectivity index (χ2v) is 6.03. The number of aliphatic hydroxyl groups excluding tert-OH is 1. The van der Waals surface area contributed by atoms with Crippen molar-refractivity contribution in [3.63, 3.8) is 0 Å². The van der Waals surface area contributed by atoms with Gasteiger partial charge in [0, 0.05) is 12.7 Å². The molecular weight excluding hydrogens is 256 g/mol. The predicted molar refractivity (Wildman–Crippen MR) is 81.4 cm³/mol. The van der Waals surface area contributed by atoms with E-state index in [0.717, 1.165) is 21.4 Å². The highest BCUT2D eigenvalue weighted by Gasteiger charge is 2.17. The summed E-state index contributed by atoms with van der Waals surface area (Å²) in [5, 5.41) is 10.4. The van der Waals surface area contributed by atoms with Crippen LogP contribution in [0.2, 0.25) is 0 Å². The zero-order valence-electron chi connectivity index (χ0n) is 11.8. The Hall–Kier alpha value is -1.39. The van der Waals surface area contributed by atoms with Crippen molar-refractivity contribution < 1.29 is 5.11 Å². The molecule has 1 aromatic heterocycles. The number of nitrogens with zero attached hydrogens (tertiary/aromatic N) is 2. The molecule has 19 heavy (non-hydrogen) atoms. The maximum absolute atomic E-state index is 9.44. The van der Waals surface area contributed by atoms with E-state index in [1.807, 2.05) is 19.2 Å². The maximum atomic E-state index is 9.44. The summed E-state index contributed by atoms with van der Waals surface area (Å²) in [6, 6.07) is 8.25. The number of hydrogen-bond donors (Lipinski definition) is 1. The minimum Gasteiger partial charge on any atom is -0.391 e. The number of para-hydroxylation sites is 1. The average molecular weight is 276 g/mol. The number of hydrogen-bond acceptors (Lipinski definition) is 4. The second-order valence-electron chi connectivity index (χ2n) is 4.96. The van der Waals surface area contributed by atoms with Crippen LogP contribution in [0.5, 0.6) is 0 Å². The number of aryl methyl sites for hydroxylation is 1. The lowest BCUT2D eigenvalue weighted by Crippen LogP contribution is -2.10. The molecule has 0 aliphatic carbocycles. The highest BCUT2D eigenvalue weighted by atomic mass is 32.1. The predicted octanol–water partition coefficient (Wildman–Crippen LogP) is 3.84. The van der Waals surface area contributed by atoms with Crippen LogP contribution < -0.4 is 4.90 Å². The number of aromatic nitrogens is 1. The van der Waals surface area contributed by atoms with Gasteiger partial charge in [0.05, 0.1) is 17.2 Å². The number of aliphatic hydroxyl groups is 1. The van der Waals surface area contributed by atoms with Gasteiger partial charge in [0.15, 0.2) is 5.13 Å². The van der Waals surface area contributed by atoms with Gasteiger partial charge in [-0.25, -0.2) is 4.98 Å². The SMILES string of the molecule is Cc1ccccc1N(C)c1nc(C(C)C)c(CO)s1. The average Bonchev–Trinajstić information content (AvgIpc) is 2.83. The third-order valence-corrected chi connectivity index (χ3v) is 4.30. The lowest BCUT2D eigenvalue weighted by molar-refractivity contribution is 0.283. The van der Waals surface area contributed by atoms with E-state index in [4.69, 9.17) is 0 Å². The van der Waals surface area contributed by atoms with Gasteiger partial charge in [-0.1, -0.05) is 43.4 Å². The molecule has 1 heterocycles. The highest BCUT2D eigenvalue weighted by Crippen LogP contribution is 2.34. The van der Waals surface area contributed by atoms with Gasteiger partial charge < -0.3 is 10.0 Å². The molecule has 0 radical (unpaired) electrons. The molecule has 1 aromatic carbocycles. The van der Waals surface area contributed by atoms with Crippen LogP contribution >= 0.6 is 11.3 Å². The Kier molecular flexibility index (Phi) is 4.22. The van der Waals surface area contributed by atoms with E-state index in [2.05, 4.69) is 42.8 Å². The summed E-state index contributed by atoms with van der Waals surface area (Å²) < 4.78 is 0. The summed E-state index contributed by atoms with van der Waals surface area (Å²) >= 11 is 1.56. The van der Waals surface area contributed by atoms with Gasteiger partial charge in [-0.3, -0.25) is 0 Å². The molecule has 2 rings (SSSR count). The van der Waals surface area contributed by atoms with Crippen LogP contribution in [0.4, 0.5) is 10.8 Å². The molecule has 102 valence electrons. The van der Waals surface area contributed by atoms with Gasteiger partial charge in [0.1, 0.15) is 0 Å². The van der Waals surface area contributed by atoms with Gasteiger partial charge in [-0.2, -0.15) is 0 Å². The second kappa shape index (κ2) is 5.72. The Morgan fingerprint density at radius 2 is 2.00 bits per heavy atom. The van der Waals surface area contributed by atoms with Crippen molar-refractivity contribution >= 4 is 22.2 Å². The molecule has 2 aromatic rings. The molecule has 0 saturated carbocycles. The molecule has 0 amide bonds. The molecular formula is C15H20N2OS. The van der Waals surface area contributed by atoms with Crippen LogP contribution in [-0.4, -0.2) is 17.1 Å². The fourth-order valence-corrected chi connectivity index (χ4v) is 3.15. The first kappa shape index (κ1) is 14.0. The Morgan fingerprint density at radius 1 is 1.32 bits per heavy atom. The lowest BCUT2D eigenvalue weighted by Gasteiger charge is -2.18. The first-order valence-electron chi connectivity index (χ1n) is 6.44. The topological polar surface area (TPSA) is 36.4 Å². The zero-order valence-corrected chi connectivity index (χ0v) is 12.7. The summed E-state index contributed by atoms with van der Waals surface area (Å²) in [6.45, 7) is 6.36. The fourth-order valence-electron chi connectivity index (χ4n) is 2.10. The normalized spacial score (nSPS) is 11.1. The van der Waals surface area contributed by atoms with E-state index in [-0.39, 0.29) is 6.61 Å². The summed E-state index contributed by atoms with van der Waals surface area (Å²) in [5.74, 6) is 0.331. The molecule has 1 N–H and O–H groups in total. The molecule has 0 spiro atoms. The van der Waals surface area contributed by atoms with Crippen LogP contribution in [0.25, 0.3) is 0 Å². The monoisotopic (exact) mass is 276 g/mol. The van der Waals surface area contributed by atoms with Crippen molar-refractivity contribution in [3.8, 4) is 0 Å². The Morgan fingerprint density at radius 3 is 2.53 bits per heavy atom. The number of anilines is 2. The number of thiazole rings is 1. The van der Waals surface area contributed by atoms with Gasteiger partial charge >= 0.3 is 0 Å². The van der Waals surface area contributed by atoms with Crippen LogP contribution in [-0.2, 0) is 6.61 Å². The first-order chi connectivity index (χ1) is 9.04. The van der Waals surface area contributed by atoms with Crippen molar-refractivity contribution in [2.75, 3.05) is 11.9 Å². The fraction of sp³-hybridized carbons (Fsp3) is 0.400. The molecule has 0 fully saturated rings. The van der Waals surface area contributed by atoms with Crippen LogP contribution in [0.1, 0.15) is 35.9 Å². The first-order valence-corrected chi connectivity index (χ1v) is 7.26. The minimum atomic E-state index is 0.0623. The molecule has 0 unspecified atom stereocenters. The van der Waals surface area contributed by atoms with Crippen LogP contribution in [0, 0.1) is 6.92 Å². The number of benzene rings is 1. The van der Waals surface area contributed by atoms with Gasteiger partial charge in [0.2, 0.25) is 0 Å². The van der Waals surface area contributed by atoms with Crippen molar-refractivity contribution in [2.24, 2.45) is 0 Å². The van der Waals surface area contributed by atoms with Crippen LogP contribution in [0.3, 0.4) is 0 Å². The van der Waals surface area contributed by atoms with Crippen LogP contribution in [0.15, 0.2) is 24.3 Å². The van der Waals surface area contributed by atoms with Crippen molar-refractivity contribution in [3.05, 3.63) is 40.4 Å². The molecule has 0 aliphatic rings. The molecule has 4 heteroatoms. The molecule has 0 aliphatic heterocycles. The van der Waals surface area contributed by atoms with Gasteiger partial charge in [-0.15, -0.1) is 0 Å². The van der Waals surface area contributed by atoms with E-state index in [9.17, 15) is 5.11 Å². The van der Waals surface area contributed by atoms with Crippen molar-refractivity contribution in [1.82, 2.24) is 4.98 Å². The van der Waals surface area contributed by atoms with E-state index in [1.54, 1.807) is 11.3 Å². The number of rotatable bonds is 4. The quantitative estimate of drug-likeness (QED) is 0.922. The third kappa shape index (κ3) is 2.80. The third-order valence-electron chi connectivity index (χ3n) is 3.17. The Bertz CT molecular complexity index is 563. The summed E-state index contributed by atoms with van der Waals surface area (Å²) in [7, 11) is 2.02. The molecule has 0 saturated heterocycles. The van der Waals surface area contributed by atoms with E-state index < -0.39 is 0 Å². The van der Waals surface area contributed by atoms with Gasteiger partial charge in [-0.05, 0) is 24.5 Å². The molecule has 0 bridgehead atoms. The minimum absolute atomic E-state index is 0.0623. The Labute approximate surface area is 118 Å². The Balaban J connectivity index is 2.39. The van der Waals surface area contributed by atoms with E-state index in [1.165, 1.54) is 5.56 Å². The van der Waals surface area contributed by atoms with E-state index >= 15 is 0 Å². The summed E-state index contributed by atoms with van der Waals surface area (Å²) in [4.78, 5) is 7.73. The lowest BCUT2D eigenvalue weighted by atomic mass is 10.1. The van der Waals surface area contributed by atoms with Crippen molar-refractivity contribution in [1.29, 1.82) is 0 Å². The standard InChI is InChI=1S/C15H20N2OS/c1-10(2)14-13(9-18)19-15(16-14)17(4)12-8-6-5-7-11(12)3/h5-8,10,18H,9H2,1-4H3. The smallest absolute Gasteiger partial charge is 0.190 e. The largest absolute Gasteiger partial charge is 0.391 e. The maximum Gasteiger partial charge on any atom is 0.190 e. The van der Waals surface area contributed by atoms with Crippen molar-refractivity contribution in [2.45, 2.75) is 33.3 Å². The van der Waals surface area contributed by atoms with Gasteiger partial charge in [0.25, 0.3) is 0 Å². The summed E-state index contributed by atoms with van der Waals surface area (Å²) in [5.41, 5.74) is 3.37. The molecule has 0 atom stereocenters. The summed E-state index contributed by atoms with van der Waals surface area (Å²) in [6.07, 6.45) is 0.